The number of carbonyl (C=O) groups excluding carboxylic acids is 1. The first-order chi connectivity index (χ1) is 16.7. The van der Waals surface area contributed by atoms with E-state index >= 15 is 0 Å². The third-order valence-corrected chi connectivity index (χ3v) is 6.88. The van der Waals surface area contributed by atoms with Gasteiger partial charge in [-0.3, -0.25) is 9.89 Å². The molecule has 0 saturated carbocycles. The lowest BCUT2D eigenvalue weighted by molar-refractivity contribution is -0.116. The van der Waals surface area contributed by atoms with E-state index in [-0.39, 0.29) is 11.7 Å². The summed E-state index contributed by atoms with van der Waals surface area (Å²) in [4.78, 5) is 20.7. The zero-order chi connectivity index (χ0) is 23.3. The van der Waals surface area contributed by atoms with Gasteiger partial charge in [-0.1, -0.05) is 17.8 Å². The lowest BCUT2D eigenvalue weighted by Crippen LogP contribution is -2.31. The van der Waals surface area contributed by atoms with Gasteiger partial charge >= 0.3 is 0 Å². The third-order valence-electron chi connectivity index (χ3n) is 5.19. The van der Waals surface area contributed by atoms with E-state index in [2.05, 4.69) is 15.2 Å². The van der Waals surface area contributed by atoms with Crippen molar-refractivity contribution in [3.05, 3.63) is 64.9 Å². The molecular weight excluding hydrogens is 472 g/mol. The summed E-state index contributed by atoms with van der Waals surface area (Å²) in [6.45, 7) is 1.49. The summed E-state index contributed by atoms with van der Waals surface area (Å²) in [5.41, 5.74) is 1.65. The molecule has 0 fully saturated rings. The molecule has 3 heterocycles. The number of nitrogens with zero attached hydrogens (tertiary/aromatic N) is 3. The van der Waals surface area contributed by atoms with Crippen LogP contribution in [0, 0.1) is 0 Å². The Kier molecular flexibility index (Phi) is 6.68. The van der Waals surface area contributed by atoms with Gasteiger partial charge in [-0.2, -0.15) is 0 Å². The van der Waals surface area contributed by atoms with Crippen molar-refractivity contribution in [2.24, 2.45) is 0 Å². The van der Waals surface area contributed by atoms with Gasteiger partial charge in [0.15, 0.2) is 17.3 Å². The molecule has 2 aromatic heterocycles. The van der Waals surface area contributed by atoms with Crippen LogP contribution < -0.4 is 19.1 Å². The minimum absolute atomic E-state index is 0.0501. The number of thiophene rings is 1. The predicted molar refractivity (Wildman–Crippen MR) is 132 cm³/mol. The van der Waals surface area contributed by atoms with Crippen LogP contribution in [0.15, 0.2) is 65.1 Å². The highest BCUT2D eigenvalue weighted by atomic mass is 32.2. The number of fused-ring (bicyclic) bond motifs is 1. The maximum absolute atomic E-state index is 13.3. The summed E-state index contributed by atoms with van der Waals surface area (Å²) < 4.78 is 16.5. The molecule has 4 aromatic rings. The Labute approximate surface area is 204 Å². The highest BCUT2D eigenvalue weighted by Crippen LogP contribution is 2.35. The molecule has 0 radical (unpaired) electrons. The molecule has 2 aromatic carbocycles. The Morgan fingerprint density at radius 2 is 1.97 bits per heavy atom. The van der Waals surface area contributed by atoms with Crippen LogP contribution in [0.2, 0.25) is 0 Å². The SMILES string of the molecule is COc1ccc(-c2nc(SCC(=O)N(Cc3cccs3)c3ccc4c(c3)OCCO4)n[nH]2)cc1. The van der Waals surface area contributed by atoms with Crippen molar-refractivity contribution in [2.45, 2.75) is 11.7 Å². The smallest absolute Gasteiger partial charge is 0.237 e. The van der Waals surface area contributed by atoms with Gasteiger partial charge in [0, 0.05) is 22.2 Å². The molecule has 34 heavy (non-hydrogen) atoms. The molecule has 174 valence electrons. The van der Waals surface area contributed by atoms with Gasteiger partial charge in [-0.25, -0.2) is 4.98 Å². The number of nitrogens with one attached hydrogen (secondary N) is 1. The van der Waals surface area contributed by atoms with Crippen molar-refractivity contribution in [1.29, 1.82) is 0 Å². The quantitative estimate of drug-likeness (QED) is 0.357. The Morgan fingerprint density at radius 1 is 1.15 bits per heavy atom. The van der Waals surface area contributed by atoms with E-state index in [0.29, 0.717) is 42.2 Å². The number of anilines is 1. The lowest BCUT2D eigenvalue weighted by atomic mass is 10.2. The summed E-state index contributed by atoms with van der Waals surface area (Å²) in [5, 5.41) is 9.72. The fourth-order valence-electron chi connectivity index (χ4n) is 3.47. The number of thioether (sulfide) groups is 1. The van der Waals surface area contributed by atoms with Crippen molar-refractivity contribution in [3.63, 3.8) is 0 Å². The fourth-order valence-corrected chi connectivity index (χ4v) is 4.84. The van der Waals surface area contributed by atoms with Gasteiger partial charge in [-0.15, -0.1) is 16.4 Å². The summed E-state index contributed by atoms with van der Waals surface area (Å²) >= 11 is 2.91. The number of amides is 1. The largest absolute Gasteiger partial charge is 0.497 e. The number of methoxy groups -OCH3 is 1. The topological polar surface area (TPSA) is 89.6 Å². The second-order valence-corrected chi connectivity index (χ2v) is 9.35. The number of carbonyl (C=O) groups is 1. The number of aromatic amines is 1. The van der Waals surface area contributed by atoms with Crippen LogP contribution in [-0.4, -0.2) is 47.2 Å². The second kappa shape index (κ2) is 10.2. The predicted octanol–water partition coefficient (Wildman–Crippen LogP) is 4.64. The van der Waals surface area contributed by atoms with Crippen molar-refractivity contribution in [2.75, 3.05) is 31.0 Å². The van der Waals surface area contributed by atoms with Crippen molar-refractivity contribution >= 4 is 34.7 Å². The third kappa shape index (κ3) is 5.02. The van der Waals surface area contributed by atoms with Gasteiger partial charge < -0.3 is 19.1 Å². The molecule has 0 aliphatic carbocycles. The van der Waals surface area contributed by atoms with Crippen LogP contribution >= 0.6 is 23.1 Å². The molecule has 1 aliphatic rings. The highest BCUT2D eigenvalue weighted by Gasteiger charge is 2.21. The molecule has 1 N–H and O–H groups in total. The minimum Gasteiger partial charge on any atom is -0.497 e. The average Bonchev–Trinajstić information content (AvgIpc) is 3.58. The summed E-state index contributed by atoms with van der Waals surface area (Å²) in [5.74, 6) is 2.90. The molecule has 10 heteroatoms. The van der Waals surface area contributed by atoms with Gasteiger partial charge in [0.05, 0.1) is 19.4 Å². The van der Waals surface area contributed by atoms with Gasteiger partial charge in [0.2, 0.25) is 11.1 Å². The van der Waals surface area contributed by atoms with Crippen molar-refractivity contribution in [1.82, 2.24) is 15.2 Å². The number of hydrogen-bond donors (Lipinski definition) is 1. The maximum Gasteiger partial charge on any atom is 0.237 e. The average molecular weight is 495 g/mol. The van der Waals surface area contributed by atoms with E-state index in [1.165, 1.54) is 11.8 Å². The molecule has 5 rings (SSSR count). The van der Waals surface area contributed by atoms with Crippen LogP contribution in [0.4, 0.5) is 5.69 Å². The summed E-state index contributed by atoms with van der Waals surface area (Å²) in [6, 6.07) is 17.1. The van der Waals surface area contributed by atoms with E-state index in [0.717, 1.165) is 21.9 Å². The van der Waals surface area contributed by atoms with E-state index in [9.17, 15) is 4.79 Å². The van der Waals surface area contributed by atoms with E-state index in [1.807, 2.05) is 60.0 Å². The molecule has 0 bridgehead atoms. The first-order valence-electron chi connectivity index (χ1n) is 10.6. The van der Waals surface area contributed by atoms with Crippen molar-refractivity contribution in [3.8, 4) is 28.6 Å². The maximum atomic E-state index is 13.3. The van der Waals surface area contributed by atoms with Gasteiger partial charge in [0.25, 0.3) is 0 Å². The number of ether oxygens (including phenoxy) is 3. The molecule has 1 amide bonds. The zero-order valence-electron chi connectivity index (χ0n) is 18.4. The van der Waals surface area contributed by atoms with Crippen LogP contribution in [0.5, 0.6) is 17.2 Å². The number of benzene rings is 2. The fraction of sp³-hybridized carbons (Fsp3) is 0.208. The molecule has 0 atom stereocenters. The van der Waals surface area contributed by atoms with Crippen LogP contribution in [0.1, 0.15) is 4.88 Å². The number of hydrogen-bond acceptors (Lipinski definition) is 8. The minimum atomic E-state index is -0.0501. The molecular formula is C24H22N4O4S2. The van der Waals surface area contributed by atoms with Crippen LogP contribution in [0.25, 0.3) is 11.4 Å². The molecule has 0 spiro atoms. The van der Waals surface area contributed by atoms with E-state index in [1.54, 1.807) is 23.3 Å². The van der Waals surface area contributed by atoms with Crippen LogP contribution in [0.3, 0.4) is 0 Å². The van der Waals surface area contributed by atoms with Gasteiger partial charge in [0.1, 0.15) is 19.0 Å². The Hall–Kier alpha value is -3.50. The standard InChI is InChI=1S/C24H22N4O4S2/c1-30-18-7-4-16(5-8-18)23-25-24(27-26-23)34-15-22(29)28(14-19-3-2-12-33-19)17-6-9-20-21(13-17)32-11-10-31-20/h2-9,12-13H,10-11,14-15H2,1H3,(H,25,26,27). The lowest BCUT2D eigenvalue weighted by Gasteiger charge is -2.25. The Morgan fingerprint density at radius 3 is 2.74 bits per heavy atom. The summed E-state index contributed by atoms with van der Waals surface area (Å²) in [6.07, 6.45) is 0. The first-order valence-corrected chi connectivity index (χ1v) is 12.5. The highest BCUT2D eigenvalue weighted by molar-refractivity contribution is 7.99. The molecule has 1 aliphatic heterocycles. The second-order valence-electron chi connectivity index (χ2n) is 7.37. The van der Waals surface area contributed by atoms with Gasteiger partial charge in [-0.05, 0) is 47.8 Å². The zero-order valence-corrected chi connectivity index (χ0v) is 20.0. The van der Waals surface area contributed by atoms with Crippen molar-refractivity contribution < 1.29 is 19.0 Å². The molecule has 0 unspecified atom stereocenters. The molecule has 0 saturated heterocycles. The number of aromatic nitrogens is 3. The first kappa shape index (κ1) is 22.3. The Balaban J connectivity index is 1.30. The van der Waals surface area contributed by atoms with E-state index in [4.69, 9.17) is 14.2 Å². The van der Waals surface area contributed by atoms with Crippen LogP contribution in [-0.2, 0) is 11.3 Å². The summed E-state index contributed by atoms with van der Waals surface area (Å²) in [7, 11) is 1.63. The Bertz CT molecular complexity index is 1260. The molecule has 8 nitrogen and oxygen atoms in total. The normalized spacial score (nSPS) is 12.4. The van der Waals surface area contributed by atoms with E-state index < -0.39 is 0 Å². The number of rotatable bonds is 8. The number of H-pyrrole nitrogens is 1. The monoisotopic (exact) mass is 494 g/mol.